The van der Waals surface area contributed by atoms with Crippen molar-refractivity contribution in [1.82, 2.24) is 4.90 Å². The second kappa shape index (κ2) is 9.37. The number of rotatable bonds is 5. The van der Waals surface area contributed by atoms with Crippen LogP contribution in [0.2, 0.25) is 5.02 Å². The van der Waals surface area contributed by atoms with Gasteiger partial charge in [-0.15, -0.1) is 0 Å². The molecule has 3 aliphatic carbocycles. The first kappa shape index (κ1) is 28.1. The van der Waals surface area contributed by atoms with Crippen LogP contribution in [0.25, 0.3) is 0 Å². The van der Waals surface area contributed by atoms with Gasteiger partial charge in [0.25, 0.3) is 5.91 Å². The Hall–Kier alpha value is -2.92. The van der Waals surface area contributed by atoms with Crippen LogP contribution >= 0.6 is 11.6 Å². The van der Waals surface area contributed by atoms with Crippen LogP contribution in [0.4, 0.5) is 0 Å². The summed E-state index contributed by atoms with van der Waals surface area (Å²) in [5, 5.41) is 53.8. The second-order valence-corrected chi connectivity index (χ2v) is 12.0. The van der Waals surface area contributed by atoms with E-state index in [0.717, 1.165) is 0 Å². The van der Waals surface area contributed by atoms with Crippen molar-refractivity contribution < 1.29 is 39.9 Å². The van der Waals surface area contributed by atoms with E-state index in [1.807, 2.05) is 32.7 Å². The van der Waals surface area contributed by atoms with Crippen LogP contribution in [0.3, 0.4) is 0 Å². The molecule has 4 atom stereocenters. The van der Waals surface area contributed by atoms with Gasteiger partial charge in [-0.3, -0.25) is 19.3 Å². The van der Waals surface area contributed by atoms with Crippen molar-refractivity contribution in [1.29, 1.82) is 0 Å². The monoisotopic (exact) mass is 548 g/mol. The second-order valence-electron chi connectivity index (χ2n) is 11.6. The number of likely N-dealkylation sites (N-methyl/N-ethyl adjacent to an activating group) is 1. The fraction of sp³-hybridized carbons (Fsp3) is 0.519. The first-order valence-corrected chi connectivity index (χ1v) is 12.7. The molecule has 11 heteroatoms. The van der Waals surface area contributed by atoms with Crippen LogP contribution < -0.4 is 5.73 Å². The lowest BCUT2D eigenvalue weighted by Gasteiger charge is -2.45. The summed E-state index contributed by atoms with van der Waals surface area (Å²) in [5.74, 6) is -6.83. The van der Waals surface area contributed by atoms with Gasteiger partial charge < -0.3 is 31.3 Å². The van der Waals surface area contributed by atoms with Crippen LogP contribution in [-0.4, -0.2) is 73.2 Å². The Bertz CT molecular complexity index is 1310. The molecule has 0 saturated carbocycles. The average Bonchev–Trinajstić information content (AvgIpc) is 2.78. The third-order valence-corrected chi connectivity index (χ3v) is 8.67. The summed E-state index contributed by atoms with van der Waals surface area (Å²) in [5.41, 5.74) is 2.10. The smallest absolute Gasteiger partial charge is 0.255 e. The average molecular weight is 549 g/mol. The molecule has 1 aromatic carbocycles. The number of aromatic hydroxyl groups is 1. The minimum absolute atomic E-state index is 0.0285. The van der Waals surface area contributed by atoms with Gasteiger partial charge in [-0.1, -0.05) is 32.4 Å². The number of fused-ring (bicyclic) bond motifs is 3. The predicted octanol–water partition coefficient (Wildman–Crippen LogP) is 2.07. The van der Waals surface area contributed by atoms with Gasteiger partial charge in [-0.05, 0) is 48.4 Å². The Morgan fingerprint density at radius 2 is 1.87 bits per heavy atom. The number of aliphatic hydroxyl groups is 4. The molecule has 0 spiro atoms. The number of phenols is 1. The SMILES string of the molecule is CN(Cc1cc(O)c2c(c1Cl)CC1C[C@H]3CC(O)=C(C(N)=O)C(=O)[C@@]3(O)C(O)=C1C2=O)[C@H](CO)C(C)(C)C. The van der Waals surface area contributed by atoms with Gasteiger partial charge in [0.05, 0.1) is 12.2 Å². The summed E-state index contributed by atoms with van der Waals surface area (Å²) in [7, 11) is 1.82. The third-order valence-electron chi connectivity index (χ3n) is 8.19. The number of amides is 1. The number of hydrogen-bond acceptors (Lipinski definition) is 9. The van der Waals surface area contributed by atoms with E-state index in [1.165, 1.54) is 6.07 Å². The Balaban J connectivity index is 1.78. The van der Waals surface area contributed by atoms with Gasteiger partial charge in [0, 0.05) is 35.5 Å². The summed E-state index contributed by atoms with van der Waals surface area (Å²) in [6.45, 7) is 6.17. The number of halogens is 1. The van der Waals surface area contributed by atoms with E-state index in [4.69, 9.17) is 17.3 Å². The number of carbonyl (C=O) groups is 3. The number of benzene rings is 1. The molecule has 0 aliphatic heterocycles. The lowest BCUT2D eigenvalue weighted by atomic mass is 9.60. The first-order valence-electron chi connectivity index (χ1n) is 12.4. The van der Waals surface area contributed by atoms with E-state index in [2.05, 4.69) is 0 Å². The number of nitrogens with two attached hydrogens (primary N) is 1. The van der Waals surface area contributed by atoms with E-state index in [-0.39, 0.29) is 65.8 Å². The van der Waals surface area contributed by atoms with E-state index in [0.29, 0.717) is 11.1 Å². The number of nitrogens with zero attached hydrogens (tertiary/aromatic N) is 1. The molecular formula is C27H33ClN2O8. The van der Waals surface area contributed by atoms with Gasteiger partial charge in [0.1, 0.15) is 22.8 Å². The van der Waals surface area contributed by atoms with Crippen LogP contribution in [0, 0.1) is 17.3 Å². The molecule has 1 aromatic rings. The van der Waals surface area contributed by atoms with Gasteiger partial charge in [0.2, 0.25) is 5.78 Å². The van der Waals surface area contributed by atoms with E-state index in [1.54, 1.807) is 0 Å². The van der Waals surface area contributed by atoms with Gasteiger partial charge in [-0.2, -0.15) is 0 Å². The minimum atomic E-state index is -2.61. The predicted molar refractivity (Wildman–Crippen MR) is 138 cm³/mol. The number of ketones is 2. The molecule has 38 heavy (non-hydrogen) atoms. The quantitative estimate of drug-likeness (QED) is 0.300. The molecule has 206 valence electrons. The van der Waals surface area contributed by atoms with Gasteiger partial charge in [-0.25, -0.2) is 0 Å². The van der Waals surface area contributed by atoms with Crippen molar-refractivity contribution in [2.75, 3.05) is 13.7 Å². The van der Waals surface area contributed by atoms with Crippen molar-refractivity contribution in [3.63, 3.8) is 0 Å². The number of carbonyl (C=O) groups excluding carboxylic acids is 3. The Labute approximate surface area is 225 Å². The highest BCUT2D eigenvalue weighted by Crippen LogP contribution is 2.52. The number of phenolic OH excluding ortho intramolecular Hbond substituents is 1. The maximum atomic E-state index is 13.6. The minimum Gasteiger partial charge on any atom is -0.511 e. The van der Waals surface area contributed by atoms with Crippen LogP contribution in [-0.2, 0) is 22.6 Å². The molecule has 10 nitrogen and oxygen atoms in total. The zero-order valence-corrected chi connectivity index (χ0v) is 22.5. The zero-order valence-electron chi connectivity index (χ0n) is 21.7. The van der Waals surface area contributed by atoms with E-state index < -0.39 is 52.0 Å². The molecule has 1 amide bonds. The van der Waals surface area contributed by atoms with Crippen molar-refractivity contribution in [3.8, 4) is 5.75 Å². The molecule has 0 radical (unpaired) electrons. The van der Waals surface area contributed by atoms with Crippen molar-refractivity contribution in [2.45, 2.75) is 58.2 Å². The molecular weight excluding hydrogens is 516 g/mol. The highest BCUT2D eigenvalue weighted by atomic mass is 35.5. The summed E-state index contributed by atoms with van der Waals surface area (Å²) in [6, 6.07) is 1.15. The van der Waals surface area contributed by atoms with Crippen molar-refractivity contribution in [2.24, 2.45) is 23.0 Å². The summed E-state index contributed by atoms with van der Waals surface area (Å²) >= 11 is 6.77. The molecule has 0 bridgehead atoms. The molecule has 0 aromatic heterocycles. The van der Waals surface area contributed by atoms with Crippen molar-refractivity contribution >= 4 is 29.1 Å². The molecule has 0 heterocycles. The molecule has 7 N–H and O–H groups in total. The maximum Gasteiger partial charge on any atom is 0.255 e. The molecule has 4 rings (SSSR count). The highest BCUT2D eigenvalue weighted by molar-refractivity contribution is 6.33. The van der Waals surface area contributed by atoms with Crippen molar-refractivity contribution in [3.05, 3.63) is 50.4 Å². The van der Waals surface area contributed by atoms with Crippen LogP contribution in [0.1, 0.15) is 55.1 Å². The summed E-state index contributed by atoms with van der Waals surface area (Å²) < 4.78 is 0. The highest BCUT2D eigenvalue weighted by Gasteiger charge is 2.59. The number of allylic oxidation sites excluding steroid dienone is 2. The van der Waals surface area contributed by atoms with E-state index in [9.17, 15) is 39.9 Å². The fourth-order valence-corrected chi connectivity index (χ4v) is 6.58. The standard InChI is InChI=1S/C27H33ClN2O8/c1-26(2,3)17(10-31)30(4)9-12-7-15(32)19-14(21(12)28)6-11-5-13-8-16(33)20(25(29)37)24(36)27(13,38)23(35)18(11)22(19)34/h7,11,13,17,31-33,35,38H,5-6,8-10H2,1-4H3,(H2,29,37)/t11?,13-,17+,27-/m0/s1. The zero-order chi connectivity index (χ0) is 28.5. The van der Waals surface area contributed by atoms with Gasteiger partial charge >= 0.3 is 0 Å². The lowest BCUT2D eigenvalue weighted by Crippen LogP contribution is -2.57. The van der Waals surface area contributed by atoms with Gasteiger partial charge in [0.15, 0.2) is 11.4 Å². The number of Topliss-reactive ketones (excluding diaryl/α,β-unsaturated/α-hetero) is 2. The molecule has 3 aliphatic rings. The Morgan fingerprint density at radius 1 is 1.24 bits per heavy atom. The summed E-state index contributed by atoms with van der Waals surface area (Å²) in [4.78, 5) is 40.3. The number of hydrogen-bond donors (Lipinski definition) is 6. The fourth-order valence-electron chi connectivity index (χ4n) is 6.29. The Kier molecular flexibility index (Phi) is 6.93. The normalized spacial score (nSPS) is 26.3. The third kappa shape index (κ3) is 4.10. The topological polar surface area (TPSA) is 182 Å². The molecule has 1 unspecified atom stereocenters. The summed E-state index contributed by atoms with van der Waals surface area (Å²) in [6.07, 6.45) is -0.143. The largest absolute Gasteiger partial charge is 0.511 e. The van der Waals surface area contributed by atoms with Crippen LogP contribution in [0.5, 0.6) is 5.75 Å². The number of aliphatic hydroxyl groups excluding tert-OH is 3. The number of primary amides is 1. The lowest BCUT2D eigenvalue weighted by molar-refractivity contribution is -0.144. The van der Waals surface area contributed by atoms with E-state index >= 15 is 0 Å². The Morgan fingerprint density at radius 3 is 2.42 bits per heavy atom. The molecule has 0 fully saturated rings. The first-order chi connectivity index (χ1) is 17.5. The molecule has 0 saturated heterocycles. The van der Waals surface area contributed by atoms with Crippen LogP contribution in [0.15, 0.2) is 28.7 Å². The maximum absolute atomic E-state index is 13.6.